The minimum Gasteiger partial charge on any atom is -0.492 e. The number of benzene rings is 2. The molecule has 2 heterocycles. The lowest BCUT2D eigenvalue weighted by atomic mass is 10.0. The number of amides is 1. The number of pyridine rings is 1. The Morgan fingerprint density at radius 1 is 1.12 bits per heavy atom. The highest BCUT2D eigenvalue weighted by atomic mass is 16.5. The van der Waals surface area contributed by atoms with Crippen LogP contribution in [0.4, 0.5) is 5.69 Å². The molecule has 4 N–H and O–H groups in total. The second-order valence-corrected chi connectivity index (χ2v) is 7.77. The Balaban J connectivity index is 1.61. The lowest BCUT2D eigenvalue weighted by molar-refractivity contribution is 0.102. The Morgan fingerprint density at radius 2 is 1.97 bits per heavy atom. The maximum atomic E-state index is 12.9. The number of nitrogens with one attached hydrogen (secondary N) is 2. The molecular formula is C25H27N5O2. The smallest absolute Gasteiger partial charge is 0.255 e. The fraction of sp³-hybridized carbons (Fsp3) is 0.240. The summed E-state index contributed by atoms with van der Waals surface area (Å²) in [5.74, 6) is 0.430. The largest absolute Gasteiger partial charge is 0.492 e. The van der Waals surface area contributed by atoms with E-state index >= 15 is 0 Å². The van der Waals surface area contributed by atoms with Crippen molar-refractivity contribution in [2.75, 3.05) is 18.5 Å². The molecule has 0 atom stereocenters. The quantitative estimate of drug-likeness (QED) is 0.404. The number of aromatic nitrogens is 3. The molecule has 1 amide bonds. The summed E-state index contributed by atoms with van der Waals surface area (Å²) in [6.07, 6.45) is 0.847. The Kier molecular flexibility index (Phi) is 6.18. The highest BCUT2D eigenvalue weighted by Crippen LogP contribution is 2.28. The van der Waals surface area contributed by atoms with Crippen LogP contribution in [0.15, 0.2) is 48.5 Å². The van der Waals surface area contributed by atoms with Crippen LogP contribution in [0.2, 0.25) is 0 Å². The van der Waals surface area contributed by atoms with Crippen molar-refractivity contribution in [2.45, 2.75) is 27.2 Å². The Bertz CT molecular complexity index is 1280. The van der Waals surface area contributed by atoms with Crippen molar-refractivity contribution in [1.29, 1.82) is 0 Å². The zero-order valence-electron chi connectivity index (χ0n) is 18.5. The zero-order chi connectivity index (χ0) is 22.7. The molecule has 0 aliphatic heterocycles. The molecule has 164 valence electrons. The average molecular weight is 430 g/mol. The van der Waals surface area contributed by atoms with Crippen LogP contribution >= 0.6 is 0 Å². The fourth-order valence-corrected chi connectivity index (χ4v) is 3.70. The molecule has 7 heteroatoms. The number of H-pyrrole nitrogens is 1. The lowest BCUT2D eigenvalue weighted by Gasteiger charge is -2.12. The number of ether oxygens (including phenoxy) is 1. The van der Waals surface area contributed by atoms with Gasteiger partial charge in [-0.05, 0) is 73.9 Å². The SMILES string of the molecule is CCc1n[nH]c2nc(-c3cc(NC(=O)c4cc(C)cc(OCCN)c4)ccc3C)ccc12. The van der Waals surface area contributed by atoms with Gasteiger partial charge < -0.3 is 15.8 Å². The molecule has 0 aliphatic carbocycles. The van der Waals surface area contributed by atoms with E-state index in [9.17, 15) is 4.79 Å². The minimum absolute atomic E-state index is 0.203. The van der Waals surface area contributed by atoms with Crippen molar-refractivity contribution in [3.8, 4) is 17.0 Å². The topological polar surface area (TPSA) is 106 Å². The van der Waals surface area contributed by atoms with E-state index < -0.39 is 0 Å². The van der Waals surface area contributed by atoms with Crippen molar-refractivity contribution < 1.29 is 9.53 Å². The number of rotatable bonds is 7. The molecule has 0 aliphatic rings. The monoisotopic (exact) mass is 429 g/mol. The maximum absolute atomic E-state index is 12.9. The normalized spacial score (nSPS) is 11.0. The molecule has 0 fully saturated rings. The number of carbonyl (C=O) groups excluding carboxylic acids is 1. The van der Waals surface area contributed by atoms with Crippen LogP contribution in [-0.4, -0.2) is 34.2 Å². The predicted octanol–water partition coefficient (Wildman–Crippen LogP) is 4.39. The van der Waals surface area contributed by atoms with Gasteiger partial charge in [0, 0.05) is 28.7 Å². The average Bonchev–Trinajstić information content (AvgIpc) is 3.21. The first kappa shape index (κ1) is 21.5. The third-order valence-corrected chi connectivity index (χ3v) is 5.31. The minimum atomic E-state index is -0.203. The first-order chi connectivity index (χ1) is 15.5. The van der Waals surface area contributed by atoms with Crippen LogP contribution < -0.4 is 15.8 Å². The third kappa shape index (κ3) is 4.48. The van der Waals surface area contributed by atoms with Crippen molar-refractivity contribution in [1.82, 2.24) is 15.2 Å². The van der Waals surface area contributed by atoms with Gasteiger partial charge in [-0.3, -0.25) is 9.89 Å². The van der Waals surface area contributed by atoms with Gasteiger partial charge >= 0.3 is 0 Å². The number of nitrogens with two attached hydrogens (primary N) is 1. The lowest BCUT2D eigenvalue weighted by Crippen LogP contribution is -2.14. The van der Waals surface area contributed by atoms with Crippen molar-refractivity contribution >= 4 is 22.6 Å². The molecule has 2 aromatic carbocycles. The first-order valence-corrected chi connectivity index (χ1v) is 10.7. The van der Waals surface area contributed by atoms with Gasteiger partial charge in [0.25, 0.3) is 5.91 Å². The van der Waals surface area contributed by atoms with Gasteiger partial charge in [-0.15, -0.1) is 0 Å². The van der Waals surface area contributed by atoms with Gasteiger partial charge in [-0.1, -0.05) is 13.0 Å². The van der Waals surface area contributed by atoms with Crippen LogP contribution in [0, 0.1) is 13.8 Å². The van der Waals surface area contributed by atoms with E-state index in [0.29, 0.717) is 30.2 Å². The second-order valence-electron chi connectivity index (χ2n) is 7.77. The summed E-state index contributed by atoms with van der Waals surface area (Å²) in [6.45, 7) is 6.84. The van der Waals surface area contributed by atoms with Crippen molar-refractivity contribution in [2.24, 2.45) is 5.73 Å². The Morgan fingerprint density at radius 3 is 2.75 bits per heavy atom. The zero-order valence-corrected chi connectivity index (χ0v) is 18.5. The number of hydrogen-bond acceptors (Lipinski definition) is 5. The number of aryl methyl sites for hydroxylation is 3. The van der Waals surface area contributed by atoms with Crippen LogP contribution in [0.5, 0.6) is 5.75 Å². The van der Waals surface area contributed by atoms with E-state index in [1.165, 1.54) is 0 Å². The molecule has 0 unspecified atom stereocenters. The van der Waals surface area contributed by atoms with Crippen molar-refractivity contribution in [3.63, 3.8) is 0 Å². The number of anilines is 1. The Hall–Kier alpha value is -3.71. The summed E-state index contributed by atoms with van der Waals surface area (Å²) in [7, 11) is 0. The molecule has 0 saturated carbocycles. The number of carbonyl (C=O) groups is 1. The molecule has 0 saturated heterocycles. The van der Waals surface area contributed by atoms with E-state index in [1.807, 2.05) is 56.3 Å². The van der Waals surface area contributed by atoms with Gasteiger partial charge in [0.2, 0.25) is 0 Å². The fourth-order valence-electron chi connectivity index (χ4n) is 3.70. The molecule has 0 bridgehead atoms. The van der Waals surface area contributed by atoms with Gasteiger partial charge in [0.05, 0.1) is 11.4 Å². The number of aromatic amines is 1. The second kappa shape index (κ2) is 9.20. The summed E-state index contributed by atoms with van der Waals surface area (Å²) in [5.41, 5.74) is 12.3. The predicted molar refractivity (Wildman–Crippen MR) is 127 cm³/mol. The van der Waals surface area contributed by atoms with Crippen LogP contribution in [-0.2, 0) is 6.42 Å². The van der Waals surface area contributed by atoms with Gasteiger partial charge in [-0.25, -0.2) is 4.98 Å². The summed E-state index contributed by atoms with van der Waals surface area (Å²) in [5, 5.41) is 11.4. The van der Waals surface area contributed by atoms with Gasteiger partial charge in [0.15, 0.2) is 5.65 Å². The molecule has 32 heavy (non-hydrogen) atoms. The van der Waals surface area contributed by atoms with E-state index in [1.54, 1.807) is 6.07 Å². The molecule has 4 aromatic rings. The summed E-state index contributed by atoms with van der Waals surface area (Å²) >= 11 is 0. The number of nitrogens with zero attached hydrogens (tertiary/aromatic N) is 2. The molecular weight excluding hydrogens is 402 g/mol. The van der Waals surface area contributed by atoms with E-state index in [-0.39, 0.29) is 5.91 Å². The van der Waals surface area contributed by atoms with E-state index in [0.717, 1.165) is 45.5 Å². The summed E-state index contributed by atoms with van der Waals surface area (Å²) in [4.78, 5) is 17.7. The first-order valence-electron chi connectivity index (χ1n) is 10.7. The highest BCUT2D eigenvalue weighted by Gasteiger charge is 2.13. The molecule has 2 aromatic heterocycles. The van der Waals surface area contributed by atoms with E-state index in [2.05, 4.69) is 22.4 Å². The third-order valence-electron chi connectivity index (χ3n) is 5.31. The van der Waals surface area contributed by atoms with Crippen LogP contribution in [0.3, 0.4) is 0 Å². The standard InChI is InChI=1S/C25H27N5O2/c1-4-22-20-7-8-23(28-24(20)30-29-22)21-14-18(6-5-16(21)3)27-25(31)17-11-15(2)12-19(13-17)32-10-9-26/h5-8,11-14H,4,9-10,26H2,1-3H3,(H,27,31)(H,28,29,30). The Labute approximate surface area is 187 Å². The van der Waals surface area contributed by atoms with Gasteiger partial charge in [0.1, 0.15) is 12.4 Å². The summed E-state index contributed by atoms with van der Waals surface area (Å²) in [6, 6.07) is 15.3. The van der Waals surface area contributed by atoms with E-state index in [4.69, 9.17) is 15.5 Å². The summed E-state index contributed by atoms with van der Waals surface area (Å²) < 4.78 is 5.59. The number of fused-ring (bicyclic) bond motifs is 1. The maximum Gasteiger partial charge on any atom is 0.255 e. The van der Waals surface area contributed by atoms with Crippen molar-refractivity contribution in [3.05, 3.63) is 70.9 Å². The van der Waals surface area contributed by atoms with Crippen LogP contribution in [0.1, 0.15) is 34.1 Å². The highest BCUT2D eigenvalue weighted by molar-refractivity contribution is 6.05. The number of hydrogen-bond donors (Lipinski definition) is 3. The molecule has 0 spiro atoms. The molecule has 0 radical (unpaired) electrons. The molecule has 7 nitrogen and oxygen atoms in total. The molecule has 4 rings (SSSR count). The van der Waals surface area contributed by atoms with Crippen LogP contribution in [0.25, 0.3) is 22.3 Å². The van der Waals surface area contributed by atoms with Gasteiger partial charge in [-0.2, -0.15) is 5.10 Å².